The van der Waals surface area contributed by atoms with Crippen molar-refractivity contribution in [2.45, 2.75) is 6.92 Å². The number of hydrogen-bond donors (Lipinski definition) is 0. The van der Waals surface area contributed by atoms with Gasteiger partial charge in [0.25, 0.3) is 0 Å². The van der Waals surface area contributed by atoms with E-state index in [-0.39, 0.29) is 5.97 Å². The lowest BCUT2D eigenvalue weighted by atomic mass is 10.2. The lowest BCUT2D eigenvalue weighted by Crippen LogP contribution is -1.99. The molecule has 72 valence electrons. The maximum atomic E-state index is 11.3. The van der Waals surface area contributed by atoms with Gasteiger partial charge in [0.15, 0.2) is 0 Å². The van der Waals surface area contributed by atoms with Gasteiger partial charge in [-0.15, -0.1) is 0 Å². The van der Waals surface area contributed by atoms with Crippen molar-refractivity contribution in [2.75, 3.05) is 0 Å². The molecule has 2 nitrogen and oxygen atoms in total. The molecule has 0 atom stereocenters. The van der Waals surface area contributed by atoms with Crippen molar-refractivity contribution >= 4 is 5.97 Å². The van der Waals surface area contributed by atoms with Crippen LogP contribution in [0.5, 0.6) is 0 Å². The SMILES string of the molecule is C=C(C)C=COC(=O)c1ccccc1. The third-order valence-corrected chi connectivity index (χ3v) is 1.54. The molecule has 1 aromatic carbocycles. The molecular weight excluding hydrogens is 176 g/mol. The van der Waals surface area contributed by atoms with Crippen LogP contribution in [0.4, 0.5) is 0 Å². The van der Waals surface area contributed by atoms with Crippen LogP contribution in [0.3, 0.4) is 0 Å². The highest BCUT2D eigenvalue weighted by molar-refractivity contribution is 5.89. The number of carbonyl (C=O) groups excluding carboxylic acids is 1. The molecule has 0 saturated carbocycles. The smallest absolute Gasteiger partial charge is 0.342 e. The van der Waals surface area contributed by atoms with Crippen molar-refractivity contribution in [3.63, 3.8) is 0 Å². The first-order valence-electron chi connectivity index (χ1n) is 4.28. The average Bonchev–Trinajstić information content (AvgIpc) is 2.18. The molecule has 0 aromatic heterocycles. The van der Waals surface area contributed by atoms with Crippen molar-refractivity contribution in [3.8, 4) is 0 Å². The van der Waals surface area contributed by atoms with E-state index in [1.807, 2.05) is 13.0 Å². The molecule has 0 fully saturated rings. The number of rotatable bonds is 3. The van der Waals surface area contributed by atoms with Gasteiger partial charge in [-0.05, 0) is 25.1 Å². The second-order valence-electron chi connectivity index (χ2n) is 2.92. The maximum Gasteiger partial charge on any atom is 0.342 e. The summed E-state index contributed by atoms with van der Waals surface area (Å²) in [5.41, 5.74) is 1.38. The van der Waals surface area contributed by atoms with Crippen molar-refractivity contribution in [2.24, 2.45) is 0 Å². The van der Waals surface area contributed by atoms with Crippen LogP contribution in [0.2, 0.25) is 0 Å². The molecule has 1 aromatic rings. The van der Waals surface area contributed by atoms with Gasteiger partial charge < -0.3 is 4.74 Å². The lowest BCUT2D eigenvalue weighted by Gasteiger charge is -1.97. The Labute approximate surface area is 83.5 Å². The lowest BCUT2D eigenvalue weighted by molar-refractivity contribution is 0.0663. The normalized spacial score (nSPS) is 10.1. The van der Waals surface area contributed by atoms with Crippen LogP contribution in [0.25, 0.3) is 0 Å². The predicted octanol–water partition coefficient (Wildman–Crippen LogP) is 2.93. The van der Waals surface area contributed by atoms with Gasteiger partial charge >= 0.3 is 5.97 Å². The standard InChI is InChI=1S/C12H12O2/c1-10(2)8-9-14-12(13)11-6-4-3-5-7-11/h3-9H,1H2,2H3. The van der Waals surface area contributed by atoms with Gasteiger partial charge in [0.05, 0.1) is 11.8 Å². The molecule has 0 bridgehead atoms. The molecule has 2 heteroatoms. The Morgan fingerprint density at radius 2 is 2.00 bits per heavy atom. The third kappa shape index (κ3) is 3.27. The molecule has 0 heterocycles. The number of ether oxygens (including phenoxy) is 1. The summed E-state index contributed by atoms with van der Waals surface area (Å²) >= 11 is 0. The van der Waals surface area contributed by atoms with Gasteiger partial charge in [-0.2, -0.15) is 0 Å². The summed E-state index contributed by atoms with van der Waals surface area (Å²) in [4.78, 5) is 11.3. The number of hydrogen-bond acceptors (Lipinski definition) is 2. The Kier molecular flexibility index (Phi) is 3.68. The highest BCUT2D eigenvalue weighted by atomic mass is 16.5. The molecule has 0 N–H and O–H groups in total. The second-order valence-corrected chi connectivity index (χ2v) is 2.92. The minimum Gasteiger partial charge on any atom is -0.431 e. The van der Waals surface area contributed by atoms with Crippen molar-refractivity contribution < 1.29 is 9.53 Å². The molecule has 0 amide bonds. The molecule has 14 heavy (non-hydrogen) atoms. The molecule has 1 rings (SSSR count). The quantitative estimate of drug-likeness (QED) is 0.414. The molecule has 0 radical (unpaired) electrons. The highest BCUT2D eigenvalue weighted by Crippen LogP contribution is 2.01. The largest absolute Gasteiger partial charge is 0.431 e. The minimum atomic E-state index is -0.358. The molecule has 0 aliphatic carbocycles. The first-order valence-corrected chi connectivity index (χ1v) is 4.28. The van der Waals surface area contributed by atoms with E-state index in [1.54, 1.807) is 30.3 Å². The molecule has 0 unspecified atom stereocenters. The Morgan fingerprint density at radius 3 is 2.57 bits per heavy atom. The zero-order valence-corrected chi connectivity index (χ0v) is 8.07. The van der Waals surface area contributed by atoms with Crippen LogP contribution < -0.4 is 0 Å². The predicted molar refractivity (Wildman–Crippen MR) is 55.8 cm³/mol. The van der Waals surface area contributed by atoms with Crippen molar-refractivity contribution in [1.82, 2.24) is 0 Å². The topological polar surface area (TPSA) is 26.3 Å². The van der Waals surface area contributed by atoms with Crippen LogP contribution in [0.15, 0.2) is 54.8 Å². The second kappa shape index (κ2) is 5.02. The summed E-state index contributed by atoms with van der Waals surface area (Å²) in [7, 11) is 0. The van der Waals surface area contributed by atoms with Crippen LogP contribution in [0.1, 0.15) is 17.3 Å². The van der Waals surface area contributed by atoms with Crippen molar-refractivity contribution in [1.29, 1.82) is 0 Å². The fourth-order valence-electron chi connectivity index (χ4n) is 0.854. The molecule has 0 aliphatic heterocycles. The number of esters is 1. The molecule has 0 saturated heterocycles. The van der Waals surface area contributed by atoms with Crippen LogP contribution in [-0.2, 0) is 4.74 Å². The van der Waals surface area contributed by atoms with E-state index in [1.165, 1.54) is 6.26 Å². The van der Waals surface area contributed by atoms with E-state index in [0.717, 1.165) is 5.57 Å². The Balaban J connectivity index is 2.56. The zero-order valence-electron chi connectivity index (χ0n) is 8.07. The average molecular weight is 188 g/mol. The first-order chi connectivity index (χ1) is 6.70. The Hall–Kier alpha value is -1.83. The van der Waals surface area contributed by atoms with E-state index in [4.69, 9.17) is 4.74 Å². The van der Waals surface area contributed by atoms with Crippen LogP contribution >= 0.6 is 0 Å². The zero-order chi connectivity index (χ0) is 10.4. The van der Waals surface area contributed by atoms with Gasteiger partial charge in [-0.3, -0.25) is 0 Å². The summed E-state index contributed by atoms with van der Waals surface area (Å²) in [6.07, 6.45) is 2.98. The number of carbonyl (C=O) groups is 1. The fourth-order valence-corrected chi connectivity index (χ4v) is 0.854. The summed E-state index contributed by atoms with van der Waals surface area (Å²) in [5.74, 6) is -0.358. The van der Waals surface area contributed by atoms with Crippen molar-refractivity contribution in [3.05, 3.63) is 60.4 Å². The summed E-state index contributed by atoms with van der Waals surface area (Å²) < 4.78 is 4.86. The summed E-state index contributed by atoms with van der Waals surface area (Å²) in [6, 6.07) is 8.84. The summed E-state index contributed by atoms with van der Waals surface area (Å²) in [5, 5.41) is 0. The summed E-state index contributed by atoms with van der Waals surface area (Å²) in [6.45, 7) is 5.47. The van der Waals surface area contributed by atoms with E-state index >= 15 is 0 Å². The van der Waals surface area contributed by atoms with E-state index in [9.17, 15) is 4.79 Å². The number of benzene rings is 1. The van der Waals surface area contributed by atoms with E-state index in [0.29, 0.717) is 5.56 Å². The van der Waals surface area contributed by atoms with Crippen LogP contribution in [0, 0.1) is 0 Å². The highest BCUT2D eigenvalue weighted by Gasteiger charge is 2.02. The van der Waals surface area contributed by atoms with Gasteiger partial charge in [0.2, 0.25) is 0 Å². The minimum absolute atomic E-state index is 0.358. The third-order valence-electron chi connectivity index (χ3n) is 1.54. The van der Waals surface area contributed by atoms with Crippen LogP contribution in [-0.4, -0.2) is 5.97 Å². The molecule has 0 aliphatic rings. The fraction of sp³-hybridized carbons (Fsp3) is 0.0833. The molecular formula is C12H12O2. The molecule has 0 spiro atoms. The monoisotopic (exact) mass is 188 g/mol. The Morgan fingerprint density at radius 1 is 1.36 bits per heavy atom. The van der Waals surface area contributed by atoms with Gasteiger partial charge in [-0.1, -0.05) is 30.4 Å². The first kappa shape index (κ1) is 10.3. The van der Waals surface area contributed by atoms with Gasteiger partial charge in [-0.25, -0.2) is 4.79 Å². The van der Waals surface area contributed by atoms with E-state index in [2.05, 4.69) is 6.58 Å². The number of allylic oxidation sites excluding steroid dienone is 2. The Bertz CT molecular complexity index is 350. The van der Waals surface area contributed by atoms with Gasteiger partial charge in [0, 0.05) is 0 Å². The maximum absolute atomic E-state index is 11.3. The van der Waals surface area contributed by atoms with Gasteiger partial charge in [0.1, 0.15) is 0 Å². The van der Waals surface area contributed by atoms with E-state index < -0.39 is 0 Å².